The molecule has 40 heavy (non-hydrogen) atoms. The van der Waals surface area contributed by atoms with Crippen molar-refractivity contribution in [2.24, 2.45) is 11.3 Å². The number of nitrogens with zero attached hydrogens (tertiary/aromatic N) is 1. The van der Waals surface area contributed by atoms with Crippen LogP contribution < -0.4 is 9.64 Å². The Morgan fingerprint density at radius 1 is 1.07 bits per heavy atom. The number of benzene rings is 2. The van der Waals surface area contributed by atoms with Crippen molar-refractivity contribution in [2.45, 2.75) is 55.9 Å². The number of rotatable bonds is 8. The highest BCUT2D eigenvalue weighted by atomic mass is 32.2. The molecule has 0 aliphatic carbocycles. The van der Waals surface area contributed by atoms with Gasteiger partial charge in [0, 0.05) is 24.7 Å². The first kappa shape index (κ1) is 31.4. The predicted octanol–water partition coefficient (Wildman–Crippen LogP) is 6.90. The van der Waals surface area contributed by atoms with Crippen LogP contribution in [-0.2, 0) is 20.8 Å². The van der Waals surface area contributed by atoms with Gasteiger partial charge in [-0.3, -0.25) is 4.79 Å². The Kier molecular flexibility index (Phi) is 8.16. The van der Waals surface area contributed by atoms with Crippen molar-refractivity contribution in [3.63, 3.8) is 0 Å². The highest BCUT2D eigenvalue weighted by molar-refractivity contribution is 7.92. The number of carboxylic acid groups (broad SMARTS) is 1. The van der Waals surface area contributed by atoms with Crippen molar-refractivity contribution in [3.05, 3.63) is 47.8 Å². The van der Waals surface area contributed by atoms with Crippen molar-refractivity contribution < 1.29 is 58.2 Å². The summed E-state index contributed by atoms with van der Waals surface area (Å²) in [6.07, 6.45) is -7.40. The molecule has 0 saturated carbocycles. The van der Waals surface area contributed by atoms with E-state index in [9.17, 15) is 44.7 Å². The molecule has 0 unspecified atom stereocenters. The van der Waals surface area contributed by atoms with E-state index in [1.165, 1.54) is 0 Å². The largest absolute Gasteiger partial charge is 0.492 e. The zero-order chi connectivity index (χ0) is 30.5. The molecule has 0 saturated heterocycles. The van der Waals surface area contributed by atoms with E-state index in [0.717, 1.165) is 43.0 Å². The SMILES string of the molecule is CC(F)(F)CC[C@@H]1CN(c2ccc(F)cc2)c2cc(C(F)(F)F)c(OCC(C)(C)C(=O)O)cc2S(=O)(=O)C1(F)F. The molecule has 1 heterocycles. The summed E-state index contributed by atoms with van der Waals surface area (Å²) in [5.41, 5.74) is -4.40. The quantitative estimate of drug-likeness (QED) is 0.331. The minimum absolute atomic E-state index is 0.183. The topological polar surface area (TPSA) is 83.9 Å². The fraction of sp³-hybridized carbons (Fsp3) is 0.480. The molecule has 6 nitrogen and oxygen atoms in total. The summed E-state index contributed by atoms with van der Waals surface area (Å²) in [7, 11) is -5.84. The average Bonchev–Trinajstić information content (AvgIpc) is 2.87. The second kappa shape index (κ2) is 10.4. The van der Waals surface area contributed by atoms with E-state index in [1.54, 1.807) is 0 Å². The molecule has 1 atom stereocenters. The maximum Gasteiger partial charge on any atom is 0.420 e. The predicted molar refractivity (Wildman–Crippen MR) is 127 cm³/mol. The maximum absolute atomic E-state index is 15.6. The normalized spacial score (nSPS) is 19.1. The van der Waals surface area contributed by atoms with Crippen LogP contribution in [0.4, 0.5) is 46.5 Å². The van der Waals surface area contributed by atoms with E-state index in [-0.39, 0.29) is 17.8 Å². The lowest BCUT2D eigenvalue weighted by atomic mass is 9.95. The molecule has 1 N–H and O–H groups in total. The Balaban J connectivity index is 2.32. The highest BCUT2D eigenvalue weighted by Crippen LogP contribution is 2.51. The van der Waals surface area contributed by atoms with E-state index >= 15 is 8.78 Å². The standard InChI is InChI=1S/C25H25F8NO5S/c1-22(2,21(35)36)13-39-19-11-20-18(10-17(19)24(29,30)31)34(16-6-4-15(26)5-7-16)12-14(8-9-23(3,27)28)25(32,33)40(20,37)38/h4-7,10-11,14H,8-9,12-13H2,1-3H3,(H,35,36)/t14-/m1/s1. The van der Waals surface area contributed by atoms with Crippen molar-refractivity contribution in [1.29, 1.82) is 0 Å². The fourth-order valence-electron chi connectivity index (χ4n) is 3.98. The van der Waals surface area contributed by atoms with Gasteiger partial charge in [-0.05, 0) is 57.5 Å². The zero-order valence-corrected chi connectivity index (χ0v) is 22.1. The van der Waals surface area contributed by atoms with Crippen LogP contribution in [0.2, 0.25) is 0 Å². The highest BCUT2D eigenvalue weighted by Gasteiger charge is 2.57. The summed E-state index contributed by atoms with van der Waals surface area (Å²) in [6.45, 7) is 0.768. The molecule has 0 fully saturated rings. The van der Waals surface area contributed by atoms with Crippen LogP contribution in [0.5, 0.6) is 5.75 Å². The van der Waals surface area contributed by atoms with Gasteiger partial charge in [0.05, 0.1) is 22.6 Å². The number of sulfone groups is 1. The third-order valence-electron chi connectivity index (χ3n) is 6.42. The number of alkyl halides is 7. The number of hydrogen-bond donors (Lipinski definition) is 1. The first-order chi connectivity index (χ1) is 18.1. The first-order valence-electron chi connectivity index (χ1n) is 11.7. The minimum Gasteiger partial charge on any atom is -0.492 e. The number of fused-ring (bicyclic) bond motifs is 1. The van der Waals surface area contributed by atoms with Crippen molar-refractivity contribution >= 4 is 27.2 Å². The first-order valence-corrected chi connectivity index (χ1v) is 13.2. The Bertz CT molecular complexity index is 1370. The number of hydrogen-bond acceptors (Lipinski definition) is 5. The Morgan fingerprint density at radius 3 is 2.15 bits per heavy atom. The molecule has 0 spiro atoms. The molecule has 0 amide bonds. The van der Waals surface area contributed by atoms with Gasteiger partial charge in [0.1, 0.15) is 23.1 Å². The van der Waals surface area contributed by atoms with Crippen LogP contribution >= 0.6 is 0 Å². The van der Waals surface area contributed by atoms with E-state index in [0.29, 0.717) is 6.92 Å². The van der Waals surface area contributed by atoms with Gasteiger partial charge in [-0.1, -0.05) is 0 Å². The van der Waals surface area contributed by atoms with Gasteiger partial charge in [0.2, 0.25) is 15.8 Å². The molecule has 2 aromatic carbocycles. The van der Waals surface area contributed by atoms with Crippen LogP contribution in [-0.4, -0.2) is 43.8 Å². The van der Waals surface area contributed by atoms with Gasteiger partial charge in [0.25, 0.3) is 0 Å². The van der Waals surface area contributed by atoms with Crippen LogP contribution in [0, 0.1) is 17.2 Å². The Hall–Kier alpha value is -3.10. The zero-order valence-electron chi connectivity index (χ0n) is 21.3. The van der Waals surface area contributed by atoms with Gasteiger partial charge in [-0.25, -0.2) is 21.6 Å². The fourth-order valence-corrected chi connectivity index (χ4v) is 5.61. The number of carboxylic acids is 1. The molecule has 15 heteroatoms. The summed E-state index contributed by atoms with van der Waals surface area (Å²) >= 11 is 0. The lowest BCUT2D eigenvalue weighted by molar-refractivity contribution is -0.148. The molecule has 1 aliphatic heterocycles. The monoisotopic (exact) mass is 603 g/mol. The minimum atomic E-state index is -5.84. The number of anilines is 2. The van der Waals surface area contributed by atoms with E-state index in [1.807, 2.05) is 0 Å². The van der Waals surface area contributed by atoms with Crippen LogP contribution in [0.25, 0.3) is 0 Å². The summed E-state index contributed by atoms with van der Waals surface area (Å²) in [4.78, 5) is 10.9. The van der Waals surface area contributed by atoms with Crippen LogP contribution in [0.3, 0.4) is 0 Å². The van der Waals surface area contributed by atoms with E-state index in [2.05, 4.69) is 0 Å². The van der Waals surface area contributed by atoms with Crippen molar-refractivity contribution in [1.82, 2.24) is 0 Å². The summed E-state index contributed by atoms with van der Waals surface area (Å²) in [5, 5.41) is 4.54. The van der Waals surface area contributed by atoms with Crippen molar-refractivity contribution in [2.75, 3.05) is 18.1 Å². The lowest BCUT2D eigenvalue weighted by Crippen LogP contribution is -2.40. The summed E-state index contributed by atoms with van der Waals surface area (Å²) in [5.74, 6) is -9.25. The average molecular weight is 604 g/mol. The number of ether oxygens (including phenoxy) is 1. The number of halogens is 8. The van der Waals surface area contributed by atoms with Gasteiger partial charge < -0.3 is 14.7 Å². The van der Waals surface area contributed by atoms with Crippen LogP contribution in [0.15, 0.2) is 41.3 Å². The number of carbonyl (C=O) groups is 1. The van der Waals surface area contributed by atoms with Crippen molar-refractivity contribution in [3.8, 4) is 5.75 Å². The van der Waals surface area contributed by atoms with E-state index < -0.39 is 98.2 Å². The Labute approximate surface area is 224 Å². The lowest BCUT2D eigenvalue weighted by Gasteiger charge is -2.30. The molecule has 2 aromatic rings. The molecule has 0 bridgehead atoms. The third-order valence-corrected chi connectivity index (χ3v) is 8.38. The second-order valence-corrected chi connectivity index (χ2v) is 12.2. The van der Waals surface area contributed by atoms with Crippen LogP contribution in [0.1, 0.15) is 39.2 Å². The molecular formula is C25H25F8NO5S. The Morgan fingerprint density at radius 2 is 1.65 bits per heavy atom. The third kappa shape index (κ3) is 6.28. The van der Waals surface area contributed by atoms with Gasteiger partial charge in [-0.2, -0.15) is 22.0 Å². The molecular weight excluding hydrogens is 578 g/mol. The molecule has 1 aliphatic rings. The molecule has 3 rings (SSSR count). The van der Waals surface area contributed by atoms with Gasteiger partial charge >= 0.3 is 17.4 Å². The molecule has 222 valence electrons. The smallest absolute Gasteiger partial charge is 0.420 e. The van der Waals surface area contributed by atoms with Gasteiger partial charge in [-0.15, -0.1) is 0 Å². The molecule has 0 radical (unpaired) electrons. The maximum atomic E-state index is 15.6. The van der Waals surface area contributed by atoms with E-state index in [4.69, 9.17) is 4.74 Å². The summed E-state index contributed by atoms with van der Waals surface area (Å²) < 4.78 is 146. The van der Waals surface area contributed by atoms with Gasteiger partial charge in [0.15, 0.2) is 0 Å². The summed E-state index contributed by atoms with van der Waals surface area (Å²) in [6, 6.07) is 4.22. The second-order valence-electron chi connectivity index (χ2n) is 10.2. The molecule has 0 aromatic heterocycles. The number of aliphatic carboxylic acids is 1.